The molecule has 28 heavy (non-hydrogen) atoms. The maximum Gasteiger partial charge on any atom is 0.326 e. The topological polar surface area (TPSA) is 107 Å². The Labute approximate surface area is 171 Å². The first-order chi connectivity index (χ1) is 15.5. The summed E-state index contributed by atoms with van der Waals surface area (Å²) in [5.74, 6) is -2.65. The number of hydrogen-bond donors (Lipinski definition) is 3. The molecule has 0 bridgehead atoms. The maximum atomic E-state index is 13.1. The smallest absolute Gasteiger partial charge is 0.326 e. The van der Waals surface area contributed by atoms with Crippen LogP contribution in [0.4, 0.5) is 0 Å². The molecule has 1 aliphatic heterocycles. The molecule has 1 aromatic carbocycles. The lowest BCUT2D eigenvalue weighted by atomic mass is 10.0. The number of fused-ring (bicyclic) bond motifs is 1. The van der Waals surface area contributed by atoms with Crippen LogP contribution in [0.1, 0.15) is 51.4 Å². The lowest BCUT2D eigenvalue weighted by Gasteiger charge is -2.31. The highest BCUT2D eigenvalue weighted by Crippen LogP contribution is 2.41. The normalized spacial score (nSPS) is 28.4. The van der Waals surface area contributed by atoms with Crippen LogP contribution in [0.15, 0.2) is 30.2 Å². The van der Waals surface area contributed by atoms with Gasteiger partial charge >= 0.3 is 11.9 Å². The molecular weight excluding hydrogens is 360 g/mol. The van der Waals surface area contributed by atoms with Gasteiger partial charge in [0.25, 0.3) is 0 Å². The molecule has 1 heterocycles. The minimum atomic E-state index is -1.25. The molecule has 7 nitrogen and oxygen atoms in total. The average molecular weight is 393 g/mol. The largest absolute Gasteiger partial charge is 0.480 e. The van der Waals surface area contributed by atoms with Crippen molar-refractivity contribution >= 4 is 17.8 Å². The number of hydrogen-bond acceptors (Lipinski definition) is 4. The lowest BCUT2D eigenvalue weighted by Crippen LogP contribution is -2.55. The number of carbonyl (C=O) groups excluding carboxylic acids is 1. The zero-order valence-electron chi connectivity index (χ0n) is 20.7. The number of carboxylic acids is 2. The number of nitrogens with one attached hydrogen (secondary N) is 1. The Kier molecular flexibility index (Phi) is 4.54. The highest BCUT2D eigenvalue weighted by atomic mass is 16.4. The summed E-state index contributed by atoms with van der Waals surface area (Å²) in [6.07, 6.45) is 2.70. The standard InChI is InChI=1S/C21H28N2O5/c1-13(22-16(20(25)26)11-10-14-6-3-2-4-7-14)19(24)23-17-9-5-8-15(17)12-18(23)21(27)28/h2-4,6-7,13,15-18,22H,5,8-12H2,1H3,(H,25,26)(H,27,28)/i2D,3D,4D,6D,7D. The molecule has 0 aromatic heterocycles. The molecular formula is C21H28N2O5. The fourth-order valence-corrected chi connectivity index (χ4v) is 4.39. The second-order valence-corrected chi connectivity index (χ2v) is 7.51. The zero-order chi connectivity index (χ0) is 24.6. The van der Waals surface area contributed by atoms with Gasteiger partial charge in [0.05, 0.1) is 12.9 Å². The molecule has 3 rings (SSSR count). The summed E-state index contributed by atoms with van der Waals surface area (Å²) in [7, 11) is 0. The van der Waals surface area contributed by atoms with Gasteiger partial charge in [0, 0.05) is 6.04 Å². The van der Waals surface area contributed by atoms with E-state index in [1.54, 1.807) is 0 Å². The van der Waals surface area contributed by atoms with Crippen LogP contribution in [0.5, 0.6) is 0 Å². The van der Waals surface area contributed by atoms with Gasteiger partial charge in [-0.05, 0) is 50.5 Å². The van der Waals surface area contributed by atoms with Crippen molar-refractivity contribution in [3.63, 3.8) is 0 Å². The van der Waals surface area contributed by atoms with Gasteiger partial charge in [-0.2, -0.15) is 0 Å². The molecule has 2 aliphatic rings. The molecule has 152 valence electrons. The summed E-state index contributed by atoms with van der Waals surface area (Å²) < 4.78 is 39.1. The minimum Gasteiger partial charge on any atom is -0.480 e. The maximum absolute atomic E-state index is 13.1. The van der Waals surface area contributed by atoms with E-state index in [1.165, 1.54) is 11.8 Å². The molecule has 3 N–H and O–H groups in total. The summed E-state index contributed by atoms with van der Waals surface area (Å²) in [4.78, 5) is 38.1. The summed E-state index contributed by atoms with van der Waals surface area (Å²) >= 11 is 0. The molecule has 0 radical (unpaired) electrons. The number of carboxylic acid groups (broad SMARTS) is 2. The molecule has 1 saturated heterocycles. The Morgan fingerprint density at radius 2 is 1.96 bits per heavy atom. The molecule has 7 heteroatoms. The second-order valence-electron chi connectivity index (χ2n) is 7.51. The van der Waals surface area contributed by atoms with Crippen molar-refractivity contribution in [1.29, 1.82) is 0 Å². The Bertz CT molecular complexity index is 946. The first-order valence-electron chi connectivity index (χ1n) is 12.0. The van der Waals surface area contributed by atoms with Crippen LogP contribution in [0, 0.1) is 5.92 Å². The third kappa shape index (κ3) is 4.35. The monoisotopic (exact) mass is 393 g/mol. The summed E-state index contributed by atoms with van der Waals surface area (Å²) in [6.45, 7) is 1.49. The van der Waals surface area contributed by atoms with Crippen molar-refractivity contribution in [2.24, 2.45) is 5.92 Å². The Hall–Kier alpha value is -2.41. The zero-order valence-corrected chi connectivity index (χ0v) is 15.7. The third-order valence-corrected chi connectivity index (χ3v) is 5.73. The predicted molar refractivity (Wildman–Crippen MR) is 103 cm³/mol. The van der Waals surface area contributed by atoms with Gasteiger partial charge < -0.3 is 15.1 Å². The van der Waals surface area contributed by atoms with Crippen LogP contribution in [0.3, 0.4) is 0 Å². The van der Waals surface area contributed by atoms with Crippen molar-refractivity contribution in [2.45, 2.75) is 69.6 Å². The Morgan fingerprint density at radius 3 is 2.61 bits per heavy atom. The van der Waals surface area contributed by atoms with E-state index in [2.05, 4.69) is 5.32 Å². The number of nitrogens with zero attached hydrogens (tertiary/aromatic N) is 1. The van der Waals surface area contributed by atoms with Crippen LogP contribution in [0.2, 0.25) is 0 Å². The minimum absolute atomic E-state index is 0.00677. The second kappa shape index (κ2) is 8.73. The molecule has 5 unspecified atom stereocenters. The fourth-order valence-electron chi connectivity index (χ4n) is 4.39. The van der Waals surface area contributed by atoms with Crippen molar-refractivity contribution in [2.75, 3.05) is 0 Å². The highest BCUT2D eigenvalue weighted by molar-refractivity contribution is 5.88. The van der Waals surface area contributed by atoms with E-state index in [0.717, 1.165) is 19.3 Å². The van der Waals surface area contributed by atoms with Gasteiger partial charge in [0.2, 0.25) is 5.91 Å². The van der Waals surface area contributed by atoms with Crippen LogP contribution in [-0.4, -0.2) is 57.1 Å². The van der Waals surface area contributed by atoms with E-state index in [1.807, 2.05) is 0 Å². The SMILES string of the molecule is [2H]c1c([2H])c([2H])c(CCC(NC(C)C(=O)N2C(C(=O)O)CC3CCCC32)C(=O)O)c([2H])c1[2H]. The van der Waals surface area contributed by atoms with Crippen LogP contribution < -0.4 is 5.32 Å². The van der Waals surface area contributed by atoms with E-state index in [0.29, 0.717) is 6.42 Å². The predicted octanol–water partition coefficient (Wildman–Crippen LogP) is 1.90. The number of benzene rings is 1. The third-order valence-electron chi connectivity index (χ3n) is 5.73. The average Bonchev–Trinajstić information content (AvgIpc) is 3.36. The van der Waals surface area contributed by atoms with Crippen LogP contribution in [-0.2, 0) is 20.8 Å². The molecule has 1 aromatic rings. The van der Waals surface area contributed by atoms with Crippen molar-refractivity contribution in [1.82, 2.24) is 10.2 Å². The van der Waals surface area contributed by atoms with E-state index >= 15 is 0 Å². The van der Waals surface area contributed by atoms with Gasteiger partial charge in [0.15, 0.2) is 0 Å². The molecule has 1 amide bonds. The number of likely N-dealkylation sites (tertiary alicyclic amines) is 1. The van der Waals surface area contributed by atoms with Crippen molar-refractivity contribution in [3.8, 4) is 0 Å². The Balaban J connectivity index is 1.73. The molecule has 5 atom stereocenters. The van der Waals surface area contributed by atoms with Gasteiger partial charge in [0.1, 0.15) is 12.1 Å². The summed E-state index contributed by atoms with van der Waals surface area (Å²) in [5, 5.41) is 22.0. The highest BCUT2D eigenvalue weighted by Gasteiger charge is 2.49. The van der Waals surface area contributed by atoms with Gasteiger partial charge in [-0.15, -0.1) is 0 Å². The van der Waals surface area contributed by atoms with E-state index in [9.17, 15) is 24.6 Å². The van der Waals surface area contributed by atoms with E-state index in [-0.39, 0.29) is 42.4 Å². The van der Waals surface area contributed by atoms with Crippen LogP contribution in [0.25, 0.3) is 0 Å². The van der Waals surface area contributed by atoms with E-state index in [4.69, 9.17) is 6.85 Å². The molecule has 1 saturated carbocycles. The van der Waals surface area contributed by atoms with E-state index < -0.39 is 54.1 Å². The molecule has 2 fully saturated rings. The summed E-state index contributed by atoms with van der Waals surface area (Å²) in [6, 6.07) is -5.55. The summed E-state index contributed by atoms with van der Waals surface area (Å²) in [5.41, 5.74) is 0.00677. The lowest BCUT2D eigenvalue weighted by molar-refractivity contribution is -0.151. The number of amides is 1. The van der Waals surface area contributed by atoms with Crippen molar-refractivity contribution in [3.05, 3.63) is 35.8 Å². The van der Waals surface area contributed by atoms with Gasteiger partial charge in [-0.1, -0.05) is 36.6 Å². The molecule has 0 spiro atoms. The number of carbonyl (C=O) groups is 3. The molecule has 1 aliphatic carbocycles. The first-order valence-corrected chi connectivity index (χ1v) is 9.55. The quantitative estimate of drug-likeness (QED) is 0.623. The Morgan fingerprint density at radius 1 is 1.25 bits per heavy atom. The van der Waals surface area contributed by atoms with Crippen LogP contribution >= 0.6 is 0 Å². The first kappa shape index (κ1) is 14.6. The van der Waals surface area contributed by atoms with Gasteiger partial charge in [-0.25, -0.2) is 4.79 Å². The van der Waals surface area contributed by atoms with Gasteiger partial charge in [-0.3, -0.25) is 14.9 Å². The number of aliphatic carboxylic acids is 2. The fraction of sp³-hybridized carbons (Fsp3) is 0.571. The van der Waals surface area contributed by atoms with Crippen molar-refractivity contribution < 1.29 is 31.5 Å². The number of rotatable bonds is 8.